The summed E-state index contributed by atoms with van der Waals surface area (Å²) in [6.07, 6.45) is -0.0748. The quantitative estimate of drug-likeness (QED) is 0.501. The van der Waals surface area contributed by atoms with Crippen molar-refractivity contribution in [3.05, 3.63) is 70.0 Å². The summed E-state index contributed by atoms with van der Waals surface area (Å²) in [5.41, 5.74) is 4.19. The van der Waals surface area contributed by atoms with Gasteiger partial charge in [0.25, 0.3) is 5.91 Å². The smallest absolute Gasteiger partial charge is 0.308 e. The third kappa shape index (κ3) is 6.75. The average Bonchev–Trinajstić information content (AvgIpc) is 3.19. The highest BCUT2D eigenvalue weighted by Gasteiger charge is 2.19. The SMILES string of the molecule is CC(=O)NC(CC(=O)OCC(=O)Nc1cccc(-c2csc(C)n2)c1)c1ccc(C)cc1. The Kier molecular flexibility index (Phi) is 7.72. The molecule has 8 heteroatoms. The summed E-state index contributed by atoms with van der Waals surface area (Å²) in [5.74, 6) is -1.28. The number of hydrogen-bond acceptors (Lipinski definition) is 6. The molecule has 1 heterocycles. The summed E-state index contributed by atoms with van der Waals surface area (Å²) in [5, 5.41) is 8.40. The van der Waals surface area contributed by atoms with E-state index in [2.05, 4.69) is 15.6 Å². The molecular formula is C24H25N3O4S. The number of rotatable bonds is 8. The Hall–Kier alpha value is -3.52. The molecule has 2 N–H and O–H groups in total. The summed E-state index contributed by atoms with van der Waals surface area (Å²) in [6, 6.07) is 14.3. The predicted molar refractivity (Wildman–Crippen MR) is 124 cm³/mol. The van der Waals surface area contributed by atoms with E-state index in [1.165, 1.54) is 6.92 Å². The van der Waals surface area contributed by atoms with Crippen LogP contribution in [0.15, 0.2) is 53.9 Å². The zero-order valence-electron chi connectivity index (χ0n) is 18.2. The fraction of sp³-hybridized carbons (Fsp3) is 0.250. The molecule has 1 atom stereocenters. The first-order valence-electron chi connectivity index (χ1n) is 10.1. The van der Waals surface area contributed by atoms with Gasteiger partial charge in [-0.3, -0.25) is 14.4 Å². The third-order valence-electron chi connectivity index (χ3n) is 4.65. The number of hydrogen-bond donors (Lipinski definition) is 2. The summed E-state index contributed by atoms with van der Waals surface area (Å²) in [4.78, 5) is 40.6. The van der Waals surface area contributed by atoms with Crippen LogP contribution in [-0.2, 0) is 19.1 Å². The van der Waals surface area contributed by atoms with Crippen LogP contribution in [0.4, 0.5) is 5.69 Å². The highest BCUT2D eigenvalue weighted by Crippen LogP contribution is 2.24. The van der Waals surface area contributed by atoms with Gasteiger partial charge in [0.15, 0.2) is 6.61 Å². The molecule has 0 aliphatic heterocycles. The second-order valence-corrected chi connectivity index (χ2v) is 8.47. The molecule has 0 spiro atoms. The minimum absolute atomic E-state index is 0.0748. The highest BCUT2D eigenvalue weighted by atomic mass is 32.1. The molecule has 166 valence electrons. The minimum atomic E-state index is -0.578. The van der Waals surface area contributed by atoms with Gasteiger partial charge < -0.3 is 15.4 Å². The van der Waals surface area contributed by atoms with E-state index in [9.17, 15) is 14.4 Å². The Morgan fingerprint density at radius 2 is 1.84 bits per heavy atom. The molecule has 3 aromatic rings. The number of amides is 2. The number of thiazole rings is 1. The summed E-state index contributed by atoms with van der Waals surface area (Å²) < 4.78 is 5.14. The van der Waals surface area contributed by atoms with Crippen LogP contribution in [0.25, 0.3) is 11.3 Å². The second-order valence-electron chi connectivity index (χ2n) is 7.41. The molecule has 7 nitrogen and oxygen atoms in total. The molecule has 0 aliphatic carbocycles. The third-order valence-corrected chi connectivity index (χ3v) is 5.43. The molecule has 0 saturated carbocycles. The average molecular weight is 452 g/mol. The summed E-state index contributed by atoms with van der Waals surface area (Å²) in [6.45, 7) is 4.86. The maximum Gasteiger partial charge on any atom is 0.308 e. The second kappa shape index (κ2) is 10.7. The van der Waals surface area contributed by atoms with Crippen molar-refractivity contribution < 1.29 is 19.1 Å². The molecule has 2 aromatic carbocycles. The largest absolute Gasteiger partial charge is 0.455 e. The maximum absolute atomic E-state index is 12.3. The van der Waals surface area contributed by atoms with E-state index < -0.39 is 24.5 Å². The van der Waals surface area contributed by atoms with Crippen LogP contribution in [-0.4, -0.2) is 29.4 Å². The molecule has 32 heavy (non-hydrogen) atoms. The van der Waals surface area contributed by atoms with Gasteiger partial charge in [0.05, 0.1) is 23.2 Å². The van der Waals surface area contributed by atoms with Crippen molar-refractivity contribution in [3.8, 4) is 11.3 Å². The maximum atomic E-state index is 12.3. The fourth-order valence-electron chi connectivity index (χ4n) is 3.12. The van der Waals surface area contributed by atoms with E-state index in [4.69, 9.17) is 4.74 Å². The lowest BCUT2D eigenvalue weighted by Gasteiger charge is -2.18. The van der Waals surface area contributed by atoms with Crippen molar-refractivity contribution in [1.82, 2.24) is 10.3 Å². The lowest BCUT2D eigenvalue weighted by molar-refractivity contribution is -0.148. The lowest BCUT2D eigenvalue weighted by atomic mass is 10.0. The van der Waals surface area contributed by atoms with E-state index in [-0.39, 0.29) is 12.3 Å². The van der Waals surface area contributed by atoms with Gasteiger partial charge in [-0.15, -0.1) is 11.3 Å². The van der Waals surface area contributed by atoms with Crippen molar-refractivity contribution in [1.29, 1.82) is 0 Å². The predicted octanol–water partition coefficient (Wildman–Crippen LogP) is 4.18. The van der Waals surface area contributed by atoms with Crippen molar-refractivity contribution in [3.63, 3.8) is 0 Å². The molecule has 0 saturated heterocycles. The fourth-order valence-corrected chi connectivity index (χ4v) is 3.74. The molecule has 0 radical (unpaired) electrons. The first kappa shape index (κ1) is 23.1. The molecule has 2 amide bonds. The summed E-state index contributed by atoms with van der Waals surface area (Å²) >= 11 is 1.56. The molecule has 1 unspecified atom stereocenters. The van der Waals surface area contributed by atoms with Crippen molar-refractivity contribution >= 4 is 34.8 Å². The number of benzene rings is 2. The Bertz CT molecular complexity index is 1110. The normalized spacial score (nSPS) is 11.5. The Morgan fingerprint density at radius 1 is 1.09 bits per heavy atom. The highest BCUT2D eigenvalue weighted by molar-refractivity contribution is 7.09. The number of ether oxygens (including phenoxy) is 1. The van der Waals surface area contributed by atoms with Crippen molar-refractivity contribution in [2.45, 2.75) is 33.2 Å². The Balaban J connectivity index is 1.55. The number of nitrogens with zero attached hydrogens (tertiary/aromatic N) is 1. The Morgan fingerprint density at radius 3 is 2.50 bits per heavy atom. The molecular weight excluding hydrogens is 426 g/mol. The van der Waals surface area contributed by atoms with Gasteiger partial charge in [0.2, 0.25) is 5.91 Å². The molecule has 3 rings (SSSR count). The number of anilines is 1. The van der Waals surface area contributed by atoms with E-state index in [1.54, 1.807) is 17.4 Å². The molecule has 0 aliphatic rings. The number of aromatic nitrogens is 1. The lowest BCUT2D eigenvalue weighted by Crippen LogP contribution is -2.29. The van der Waals surface area contributed by atoms with Gasteiger partial charge in [0, 0.05) is 23.6 Å². The number of aryl methyl sites for hydroxylation is 2. The minimum Gasteiger partial charge on any atom is -0.455 e. The Labute approximate surface area is 190 Å². The first-order valence-corrected chi connectivity index (χ1v) is 11.0. The number of esters is 1. The van der Waals surface area contributed by atoms with Gasteiger partial charge in [0.1, 0.15) is 0 Å². The van der Waals surface area contributed by atoms with Crippen LogP contribution in [0.1, 0.15) is 35.5 Å². The number of carbonyl (C=O) groups is 3. The zero-order valence-corrected chi connectivity index (χ0v) is 19.0. The molecule has 0 bridgehead atoms. The van der Waals surface area contributed by atoms with Crippen LogP contribution in [0.5, 0.6) is 0 Å². The van der Waals surface area contributed by atoms with E-state index in [1.807, 2.05) is 61.7 Å². The van der Waals surface area contributed by atoms with Crippen LogP contribution >= 0.6 is 11.3 Å². The van der Waals surface area contributed by atoms with Gasteiger partial charge in [-0.05, 0) is 31.5 Å². The van der Waals surface area contributed by atoms with Gasteiger partial charge in [-0.1, -0.05) is 42.0 Å². The first-order chi connectivity index (χ1) is 15.3. The monoisotopic (exact) mass is 451 g/mol. The molecule has 0 fully saturated rings. The van der Waals surface area contributed by atoms with Crippen LogP contribution in [0, 0.1) is 13.8 Å². The number of carbonyl (C=O) groups excluding carboxylic acids is 3. The van der Waals surface area contributed by atoms with Crippen molar-refractivity contribution in [2.75, 3.05) is 11.9 Å². The number of nitrogens with one attached hydrogen (secondary N) is 2. The summed E-state index contributed by atoms with van der Waals surface area (Å²) in [7, 11) is 0. The van der Waals surface area contributed by atoms with Gasteiger partial charge in [-0.25, -0.2) is 4.98 Å². The van der Waals surface area contributed by atoms with Crippen molar-refractivity contribution in [2.24, 2.45) is 0 Å². The van der Waals surface area contributed by atoms with E-state index >= 15 is 0 Å². The van der Waals surface area contributed by atoms with Crippen LogP contribution in [0.3, 0.4) is 0 Å². The topological polar surface area (TPSA) is 97.4 Å². The van der Waals surface area contributed by atoms with Gasteiger partial charge in [-0.2, -0.15) is 0 Å². The van der Waals surface area contributed by atoms with Gasteiger partial charge >= 0.3 is 5.97 Å². The standard InChI is InChI=1S/C24H25N3O4S/c1-15-7-9-18(10-8-15)21(25-16(2)28)12-24(30)31-13-23(29)27-20-6-4-5-19(11-20)22-14-32-17(3)26-22/h4-11,14,21H,12-13H2,1-3H3,(H,25,28)(H,27,29). The van der Waals surface area contributed by atoms with Crippen LogP contribution in [0.2, 0.25) is 0 Å². The van der Waals surface area contributed by atoms with E-state index in [0.29, 0.717) is 5.69 Å². The van der Waals surface area contributed by atoms with E-state index in [0.717, 1.165) is 27.4 Å². The van der Waals surface area contributed by atoms with Crippen LogP contribution < -0.4 is 10.6 Å². The zero-order chi connectivity index (χ0) is 23.1. The molecule has 1 aromatic heterocycles.